The smallest absolute Gasteiger partial charge is 0.0600 e. The third-order valence-corrected chi connectivity index (χ3v) is 3.16. The van der Waals surface area contributed by atoms with E-state index in [-0.39, 0.29) is 0 Å². The number of rotatable bonds is 7. The standard InChI is InChI=1S/C12H24O/c1-3-5-6-10-13-12(4-2)11-8-7-9-11/h11-12H,3-10H2,1-2H3. The Morgan fingerprint density at radius 1 is 1.23 bits per heavy atom. The van der Waals surface area contributed by atoms with Gasteiger partial charge in [0.25, 0.3) is 0 Å². The second-order valence-corrected chi connectivity index (χ2v) is 4.22. The van der Waals surface area contributed by atoms with Crippen molar-refractivity contribution in [1.29, 1.82) is 0 Å². The van der Waals surface area contributed by atoms with Crippen LogP contribution in [0.4, 0.5) is 0 Å². The van der Waals surface area contributed by atoms with Crippen molar-refractivity contribution in [2.24, 2.45) is 5.92 Å². The van der Waals surface area contributed by atoms with E-state index in [1.165, 1.54) is 44.9 Å². The Balaban J connectivity index is 2.02. The first-order valence-corrected chi connectivity index (χ1v) is 6.00. The van der Waals surface area contributed by atoms with E-state index in [0.717, 1.165) is 12.5 Å². The molecule has 1 rings (SSSR count). The Labute approximate surface area is 82.9 Å². The Hall–Kier alpha value is -0.0400. The molecular weight excluding hydrogens is 160 g/mol. The lowest BCUT2D eigenvalue weighted by molar-refractivity contribution is -0.0170. The molecule has 1 aliphatic carbocycles. The van der Waals surface area contributed by atoms with Gasteiger partial charge in [0.05, 0.1) is 6.10 Å². The zero-order chi connectivity index (χ0) is 9.52. The summed E-state index contributed by atoms with van der Waals surface area (Å²) in [5, 5.41) is 0. The molecule has 0 bridgehead atoms. The lowest BCUT2D eigenvalue weighted by Gasteiger charge is -2.33. The molecule has 0 saturated heterocycles. The quantitative estimate of drug-likeness (QED) is 0.547. The molecule has 1 atom stereocenters. The van der Waals surface area contributed by atoms with Gasteiger partial charge >= 0.3 is 0 Å². The van der Waals surface area contributed by atoms with Crippen LogP contribution in [0, 0.1) is 5.92 Å². The Morgan fingerprint density at radius 3 is 2.46 bits per heavy atom. The van der Waals surface area contributed by atoms with Gasteiger partial charge in [0.1, 0.15) is 0 Å². The zero-order valence-corrected chi connectivity index (χ0v) is 9.22. The van der Waals surface area contributed by atoms with Crippen molar-refractivity contribution in [2.45, 2.75) is 64.9 Å². The Morgan fingerprint density at radius 2 is 2.00 bits per heavy atom. The van der Waals surface area contributed by atoms with E-state index in [4.69, 9.17) is 4.74 Å². The molecule has 0 radical (unpaired) electrons. The molecule has 1 nitrogen and oxygen atoms in total. The minimum atomic E-state index is 0.575. The van der Waals surface area contributed by atoms with Crippen molar-refractivity contribution in [3.8, 4) is 0 Å². The maximum absolute atomic E-state index is 5.90. The summed E-state index contributed by atoms with van der Waals surface area (Å²) in [5.41, 5.74) is 0. The lowest BCUT2D eigenvalue weighted by atomic mass is 9.80. The average Bonchev–Trinajstić information content (AvgIpc) is 2.07. The van der Waals surface area contributed by atoms with Gasteiger partial charge in [-0.3, -0.25) is 0 Å². The number of ether oxygens (including phenoxy) is 1. The molecule has 0 aromatic heterocycles. The Bertz CT molecular complexity index is 118. The van der Waals surface area contributed by atoms with Gasteiger partial charge in [0.2, 0.25) is 0 Å². The van der Waals surface area contributed by atoms with E-state index in [1.807, 2.05) is 0 Å². The molecule has 13 heavy (non-hydrogen) atoms. The van der Waals surface area contributed by atoms with Gasteiger partial charge in [-0.25, -0.2) is 0 Å². The average molecular weight is 184 g/mol. The van der Waals surface area contributed by atoms with Crippen LogP contribution < -0.4 is 0 Å². The van der Waals surface area contributed by atoms with E-state index in [2.05, 4.69) is 13.8 Å². The highest BCUT2D eigenvalue weighted by atomic mass is 16.5. The van der Waals surface area contributed by atoms with E-state index >= 15 is 0 Å². The van der Waals surface area contributed by atoms with Crippen LogP contribution in [-0.2, 0) is 4.74 Å². The summed E-state index contributed by atoms with van der Waals surface area (Å²) in [6.45, 7) is 5.48. The molecule has 0 N–H and O–H groups in total. The first kappa shape index (κ1) is 11.0. The summed E-state index contributed by atoms with van der Waals surface area (Å²) in [6.07, 6.45) is 9.89. The molecule has 0 spiro atoms. The van der Waals surface area contributed by atoms with Crippen molar-refractivity contribution in [3.63, 3.8) is 0 Å². The maximum Gasteiger partial charge on any atom is 0.0600 e. The first-order valence-electron chi connectivity index (χ1n) is 6.00. The van der Waals surface area contributed by atoms with Crippen LogP contribution in [0.5, 0.6) is 0 Å². The number of hydrogen-bond acceptors (Lipinski definition) is 1. The SMILES string of the molecule is CCCCCOC(CC)C1CCC1. The van der Waals surface area contributed by atoms with Gasteiger partial charge in [-0.05, 0) is 31.6 Å². The largest absolute Gasteiger partial charge is 0.378 e. The second-order valence-electron chi connectivity index (χ2n) is 4.22. The van der Waals surface area contributed by atoms with Gasteiger partial charge < -0.3 is 4.74 Å². The third-order valence-electron chi connectivity index (χ3n) is 3.16. The number of unbranched alkanes of at least 4 members (excludes halogenated alkanes) is 2. The topological polar surface area (TPSA) is 9.23 Å². The highest BCUT2D eigenvalue weighted by Crippen LogP contribution is 2.32. The van der Waals surface area contributed by atoms with Crippen molar-refractivity contribution >= 4 is 0 Å². The molecule has 0 amide bonds. The predicted octanol–water partition coefficient (Wildman–Crippen LogP) is 3.77. The summed E-state index contributed by atoms with van der Waals surface area (Å²) >= 11 is 0. The van der Waals surface area contributed by atoms with Gasteiger partial charge in [-0.2, -0.15) is 0 Å². The van der Waals surface area contributed by atoms with Crippen LogP contribution in [0.1, 0.15) is 58.8 Å². The van der Waals surface area contributed by atoms with Crippen molar-refractivity contribution in [1.82, 2.24) is 0 Å². The van der Waals surface area contributed by atoms with Crippen LogP contribution in [0.2, 0.25) is 0 Å². The predicted molar refractivity (Wildman–Crippen MR) is 56.9 cm³/mol. The van der Waals surface area contributed by atoms with Crippen molar-refractivity contribution in [2.75, 3.05) is 6.61 Å². The Kier molecular flexibility index (Phi) is 5.45. The van der Waals surface area contributed by atoms with Gasteiger partial charge in [-0.15, -0.1) is 0 Å². The molecular formula is C12H24O. The molecule has 1 fully saturated rings. The molecule has 1 saturated carbocycles. The van der Waals surface area contributed by atoms with Crippen LogP contribution in [0.25, 0.3) is 0 Å². The van der Waals surface area contributed by atoms with E-state index in [0.29, 0.717) is 6.10 Å². The highest BCUT2D eigenvalue weighted by molar-refractivity contribution is 4.77. The molecule has 1 unspecified atom stereocenters. The summed E-state index contributed by atoms with van der Waals surface area (Å²) in [7, 11) is 0. The summed E-state index contributed by atoms with van der Waals surface area (Å²) < 4.78 is 5.90. The molecule has 0 aromatic rings. The normalized spacial score (nSPS) is 19.8. The molecule has 1 aliphatic rings. The van der Waals surface area contributed by atoms with Crippen LogP contribution in [0.15, 0.2) is 0 Å². The van der Waals surface area contributed by atoms with Crippen molar-refractivity contribution in [3.05, 3.63) is 0 Å². The molecule has 0 aromatic carbocycles. The van der Waals surface area contributed by atoms with E-state index < -0.39 is 0 Å². The fourth-order valence-corrected chi connectivity index (χ4v) is 1.99. The first-order chi connectivity index (χ1) is 6.38. The highest BCUT2D eigenvalue weighted by Gasteiger charge is 2.26. The van der Waals surface area contributed by atoms with E-state index in [1.54, 1.807) is 0 Å². The fourth-order valence-electron chi connectivity index (χ4n) is 1.99. The van der Waals surface area contributed by atoms with Gasteiger partial charge in [0, 0.05) is 6.61 Å². The summed E-state index contributed by atoms with van der Waals surface area (Å²) in [6, 6.07) is 0. The van der Waals surface area contributed by atoms with Gasteiger partial charge in [0.15, 0.2) is 0 Å². The van der Waals surface area contributed by atoms with Gasteiger partial charge in [-0.1, -0.05) is 33.1 Å². The minimum Gasteiger partial charge on any atom is -0.378 e. The number of hydrogen-bond donors (Lipinski definition) is 0. The summed E-state index contributed by atoms with van der Waals surface area (Å²) in [4.78, 5) is 0. The lowest BCUT2D eigenvalue weighted by Crippen LogP contribution is -2.29. The van der Waals surface area contributed by atoms with E-state index in [9.17, 15) is 0 Å². The summed E-state index contributed by atoms with van der Waals surface area (Å²) in [5.74, 6) is 0.895. The van der Waals surface area contributed by atoms with Crippen molar-refractivity contribution < 1.29 is 4.74 Å². The molecule has 78 valence electrons. The third kappa shape index (κ3) is 3.68. The second kappa shape index (κ2) is 6.42. The monoisotopic (exact) mass is 184 g/mol. The van der Waals surface area contributed by atoms with Crippen LogP contribution in [-0.4, -0.2) is 12.7 Å². The maximum atomic E-state index is 5.90. The fraction of sp³-hybridized carbons (Fsp3) is 1.00. The minimum absolute atomic E-state index is 0.575. The van der Waals surface area contributed by atoms with Crippen LogP contribution >= 0.6 is 0 Å². The molecule has 0 aliphatic heterocycles. The zero-order valence-electron chi connectivity index (χ0n) is 9.22. The molecule has 1 heteroatoms. The molecule has 0 heterocycles. The van der Waals surface area contributed by atoms with Crippen LogP contribution in [0.3, 0.4) is 0 Å².